The summed E-state index contributed by atoms with van der Waals surface area (Å²) >= 11 is 1.60. The molecule has 1 amide bonds. The first-order valence-electron chi connectivity index (χ1n) is 8.17. The Hall–Kier alpha value is -2.14. The van der Waals surface area contributed by atoms with E-state index in [-0.39, 0.29) is 12.5 Å². The van der Waals surface area contributed by atoms with Crippen LogP contribution < -0.4 is 0 Å². The van der Waals surface area contributed by atoms with Gasteiger partial charge in [-0.2, -0.15) is 11.3 Å². The van der Waals surface area contributed by atoms with Crippen molar-refractivity contribution in [3.8, 4) is 0 Å². The van der Waals surface area contributed by atoms with E-state index in [9.17, 15) is 9.59 Å². The van der Waals surface area contributed by atoms with Crippen LogP contribution >= 0.6 is 11.3 Å². The van der Waals surface area contributed by atoms with Gasteiger partial charge < -0.3 is 9.64 Å². The lowest BCUT2D eigenvalue weighted by molar-refractivity contribution is -0.133. The number of fused-ring (bicyclic) bond motifs is 1. The van der Waals surface area contributed by atoms with Gasteiger partial charge in [-0.1, -0.05) is 6.07 Å². The molecular weight excluding hydrogens is 322 g/mol. The first-order valence-corrected chi connectivity index (χ1v) is 9.12. The Balaban J connectivity index is 1.54. The second kappa shape index (κ2) is 7.62. The largest absolute Gasteiger partial charge is 0.452 e. The number of aryl methyl sites for hydroxylation is 2. The number of ether oxygens (including phenoxy) is 1. The average molecular weight is 343 g/mol. The summed E-state index contributed by atoms with van der Waals surface area (Å²) in [5, 5.41) is 3.98. The van der Waals surface area contributed by atoms with Gasteiger partial charge in [0.2, 0.25) is 0 Å². The van der Waals surface area contributed by atoms with E-state index in [2.05, 4.69) is 0 Å². The van der Waals surface area contributed by atoms with Crippen LogP contribution in [0.2, 0.25) is 0 Å². The van der Waals surface area contributed by atoms with Crippen molar-refractivity contribution >= 4 is 23.2 Å². The highest BCUT2D eigenvalue weighted by atomic mass is 32.1. The second-order valence-corrected chi connectivity index (χ2v) is 6.93. The lowest BCUT2D eigenvalue weighted by Crippen LogP contribution is -2.30. The Morgan fingerprint density at radius 2 is 1.96 bits per heavy atom. The quantitative estimate of drug-likeness (QED) is 0.781. The lowest BCUT2D eigenvalue weighted by Gasteiger charge is -2.17. The molecule has 2 aromatic rings. The number of rotatable bonds is 5. The van der Waals surface area contributed by atoms with Crippen molar-refractivity contribution in [1.29, 1.82) is 0 Å². The van der Waals surface area contributed by atoms with Gasteiger partial charge in [0.1, 0.15) is 0 Å². The van der Waals surface area contributed by atoms with Crippen LogP contribution in [0.5, 0.6) is 0 Å². The molecule has 0 bridgehead atoms. The Labute approximate surface area is 146 Å². The molecular formula is C19H21NO3S. The molecule has 1 aliphatic carbocycles. The van der Waals surface area contributed by atoms with Crippen molar-refractivity contribution < 1.29 is 14.3 Å². The molecule has 0 saturated carbocycles. The van der Waals surface area contributed by atoms with E-state index in [4.69, 9.17) is 4.74 Å². The van der Waals surface area contributed by atoms with E-state index < -0.39 is 5.97 Å². The van der Waals surface area contributed by atoms with Crippen LogP contribution in [0.1, 0.15) is 39.9 Å². The lowest BCUT2D eigenvalue weighted by atomic mass is 9.90. The number of benzene rings is 1. The van der Waals surface area contributed by atoms with E-state index in [1.54, 1.807) is 29.4 Å². The third kappa shape index (κ3) is 4.03. The first kappa shape index (κ1) is 16.7. The maximum absolute atomic E-state index is 12.2. The van der Waals surface area contributed by atoms with Crippen molar-refractivity contribution in [2.45, 2.75) is 32.2 Å². The molecule has 0 fully saturated rings. The second-order valence-electron chi connectivity index (χ2n) is 6.15. The third-order valence-corrected chi connectivity index (χ3v) is 5.07. The van der Waals surface area contributed by atoms with Crippen LogP contribution in [0.3, 0.4) is 0 Å². The van der Waals surface area contributed by atoms with E-state index >= 15 is 0 Å². The minimum atomic E-state index is -0.430. The minimum absolute atomic E-state index is 0.201. The zero-order valence-electron chi connectivity index (χ0n) is 13.8. The summed E-state index contributed by atoms with van der Waals surface area (Å²) in [6.07, 6.45) is 4.47. The monoisotopic (exact) mass is 343 g/mol. The van der Waals surface area contributed by atoms with Gasteiger partial charge in [-0.05, 0) is 71.3 Å². The summed E-state index contributed by atoms with van der Waals surface area (Å²) in [7, 11) is 1.72. The fourth-order valence-corrected chi connectivity index (χ4v) is 3.59. The smallest absolute Gasteiger partial charge is 0.338 e. The summed E-state index contributed by atoms with van der Waals surface area (Å²) in [4.78, 5) is 25.8. The summed E-state index contributed by atoms with van der Waals surface area (Å²) in [5.41, 5.74) is 4.17. The van der Waals surface area contributed by atoms with Gasteiger partial charge >= 0.3 is 5.97 Å². The number of nitrogens with zero attached hydrogens (tertiary/aromatic N) is 1. The molecule has 1 heterocycles. The fraction of sp³-hybridized carbons (Fsp3) is 0.368. The topological polar surface area (TPSA) is 46.6 Å². The summed E-state index contributed by atoms with van der Waals surface area (Å²) in [5.74, 6) is -0.631. The SMILES string of the molecule is CN(Cc1ccsc1)C(=O)COC(=O)c1ccc2c(c1)CCCC2. The number of hydrogen-bond acceptors (Lipinski definition) is 4. The van der Waals surface area contributed by atoms with Crippen LogP contribution in [0.25, 0.3) is 0 Å². The minimum Gasteiger partial charge on any atom is -0.452 e. The molecule has 0 spiro atoms. The van der Waals surface area contributed by atoms with Gasteiger partial charge in [-0.25, -0.2) is 4.79 Å². The first-order chi connectivity index (χ1) is 11.6. The molecule has 24 heavy (non-hydrogen) atoms. The molecule has 0 atom stereocenters. The summed E-state index contributed by atoms with van der Waals surface area (Å²) in [6, 6.07) is 7.70. The third-order valence-electron chi connectivity index (χ3n) is 4.34. The van der Waals surface area contributed by atoms with Crippen molar-refractivity contribution in [3.63, 3.8) is 0 Å². The number of thiophene rings is 1. The zero-order valence-corrected chi connectivity index (χ0v) is 14.6. The Kier molecular flexibility index (Phi) is 5.30. The van der Waals surface area contributed by atoms with Crippen molar-refractivity contribution in [2.24, 2.45) is 0 Å². The van der Waals surface area contributed by atoms with Crippen LogP contribution in [0.4, 0.5) is 0 Å². The highest BCUT2D eigenvalue weighted by Gasteiger charge is 2.16. The average Bonchev–Trinajstić information content (AvgIpc) is 3.11. The Morgan fingerprint density at radius 1 is 1.17 bits per heavy atom. The predicted octanol–water partition coefficient (Wildman–Crippen LogP) is 3.44. The number of likely N-dealkylation sites (N-methyl/N-ethyl adjacent to an activating group) is 1. The molecule has 0 aliphatic heterocycles. The maximum Gasteiger partial charge on any atom is 0.338 e. The molecule has 1 aromatic carbocycles. The highest BCUT2D eigenvalue weighted by Crippen LogP contribution is 2.22. The van der Waals surface area contributed by atoms with Gasteiger partial charge in [0.15, 0.2) is 6.61 Å². The van der Waals surface area contributed by atoms with Crippen LogP contribution in [-0.4, -0.2) is 30.4 Å². The van der Waals surface area contributed by atoms with Crippen LogP contribution in [0.15, 0.2) is 35.0 Å². The molecule has 0 unspecified atom stereocenters. The van der Waals surface area contributed by atoms with Crippen LogP contribution in [0, 0.1) is 0 Å². The van der Waals surface area contributed by atoms with Crippen molar-refractivity contribution in [1.82, 2.24) is 4.90 Å². The molecule has 1 aliphatic rings. The van der Waals surface area contributed by atoms with Gasteiger partial charge in [0.05, 0.1) is 5.56 Å². The number of carbonyl (C=O) groups excluding carboxylic acids is 2. The number of hydrogen-bond donors (Lipinski definition) is 0. The van der Waals surface area contributed by atoms with E-state index in [0.29, 0.717) is 12.1 Å². The molecule has 0 N–H and O–H groups in total. The number of esters is 1. The number of amides is 1. The van der Waals surface area contributed by atoms with E-state index in [0.717, 1.165) is 24.8 Å². The van der Waals surface area contributed by atoms with Gasteiger partial charge in [-0.3, -0.25) is 4.79 Å². The molecule has 5 heteroatoms. The van der Waals surface area contributed by atoms with Gasteiger partial charge in [0, 0.05) is 13.6 Å². The van der Waals surface area contributed by atoms with Gasteiger partial charge in [0.25, 0.3) is 5.91 Å². The summed E-state index contributed by atoms with van der Waals surface area (Å²) in [6.45, 7) is 0.301. The maximum atomic E-state index is 12.2. The van der Waals surface area contributed by atoms with E-state index in [1.807, 2.05) is 29.0 Å². The Bertz CT molecular complexity index is 724. The molecule has 1 aromatic heterocycles. The molecule has 0 radical (unpaired) electrons. The zero-order chi connectivity index (χ0) is 16.9. The normalized spacial score (nSPS) is 13.2. The fourth-order valence-electron chi connectivity index (χ4n) is 2.93. The number of carbonyl (C=O) groups is 2. The Morgan fingerprint density at radius 3 is 2.71 bits per heavy atom. The van der Waals surface area contributed by atoms with Crippen molar-refractivity contribution in [3.05, 3.63) is 57.3 Å². The summed E-state index contributed by atoms with van der Waals surface area (Å²) < 4.78 is 5.19. The molecule has 3 rings (SSSR count). The molecule has 4 nitrogen and oxygen atoms in total. The van der Waals surface area contributed by atoms with Gasteiger partial charge in [-0.15, -0.1) is 0 Å². The standard InChI is InChI=1S/C19H21NO3S/c1-20(11-14-8-9-24-13-14)18(21)12-23-19(22)17-7-6-15-4-2-3-5-16(15)10-17/h6-10,13H,2-5,11-12H2,1H3. The highest BCUT2D eigenvalue weighted by molar-refractivity contribution is 7.07. The van der Waals surface area contributed by atoms with E-state index in [1.165, 1.54) is 17.5 Å². The predicted molar refractivity (Wildman–Crippen MR) is 94.2 cm³/mol. The molecule has 0 saturated heterocycles. The van der Waals surface area contributed by atoms with Crippen molar-refractivity contribution in [2.75, 3.05) is 13.7 Å². The molecule has 126 valence electrons. The van der Waals surface area contributed by atoms with Crippen LogP contribution in [-0.2, 0) is 28.9 Å².